The van der Waals surface area contributed by atoms with Gasteiger partial charge in [0.15, 0.2) is 0 Å². The molecule has 1 aliphatic heterocycles. The summed E-state index contributed by atoms with van der Waals surface area (Å²) in [6.07, 6.45) is 8.72. The third kappa shape index (κ3) is 7.70. The molecule has 37 heavy (non-hydrogen) atoms. The smallest absolute Gasteiger partial charge is 0.409 e. The third-order valence-electron chi connectivity index (χ3n) is 7.22. The molecule has 1 saturated carbocycles. The van der Waals surface area contributed by atoms with E-state index in [2.05, 4.69) is 63.6 Å². The van der Waals surface area contributed by atoms with Crippen LogP contribution in [0.4, 0.5) is 4.79 Å². The molecular formula is C32H43ClN2O2. The van der Waals surface area contributed by atoms with Crippen LogP contribution in [0, 0.1) is 11.8 Å². The number of allylic oxidation sites excluding steroid dienone is 6. The van der Waals surface area contributed by atoms with Gasteiger partial charge in [0.25, 0.3) is 0 Å². The minimum absolute atomic E-state index is 0.204. The number of carbonyl (C=O) groups is 1. The van der Waals surface area contributed by atoms with Crippen molar-refractivity contribution in [1.82, 2.24) is 4.90 Å². The lowest BCUT2D eigenvalue weighted by Gasteiger charge is -2.29. The summed E-state index contributed by atoms with van der Waals surface area (Å²) in [5, 5.41) is 0.758. The monoisotopic (exact) mass is 522 g/mol. The van der Waals surface area contributed by atoms with E-state index in [1.54, 1.807) is 0 Å². The molecule has 1 heterocycles. The summed E-state index contributed by atoms with van der Waals surface area (Å²) in [7, 11) is 1.88. The second kappa shape index (κ2) is 13.3. The van der Waals surface area contributed by atoms with Gasteiger partial charge in [0.1, 0.15) is 0 Å². The SMILES string of the molecule is C=C(C)C(/C1=C\[C@@H](C)CN(C(=O)OCC)CCC1)=C(C(C)=NC)/C(=C\C(C)c1ccc(Cl)cc1)C1CC1. The lowest BCUT2D eigenvalue weighted by atomic mass is 9.81. The van der Waals surface area contributed by atoms with Crippen molar-refractivity contribution in [2.75, 3.05) is 26.7 Å². The van der Waals surface area contributed by atoms with Gasteiger partial charge in [-0.2, -0.15) is 0 Å². The highest BCUT2D eigenvalue weighted by Gasteiger charge is 2.32. The largest absolute Gasteiger partial charge is 0.450 e. The van der Waals surface area contributed by atoms with E-state index in [9.17, 15) is 4.79 Å². The summed E-state index contributed by atoms with van der Waals surface area (Å²) < 4.78 is 5.28. The molecular weight excluding hydrogens is 480 g/mol. The fourth-order valence-electron chi connectivity index (χ4n) is 5.21. The van der Waals surface area contributed by atoms with Gasteiger partial charge < -0.3 is 9.64 Å². The highest BCUT2D eigenvalue weighted by Crippen LogP contribution is 2.45. The van der Waals surface area contributed by atoms with E-state index in [0.29, 0.717) is 25.6 Å². The predicted molar refractivity (Wildman–Crippen MR) is 157 cm³/mol. The first-order valence-electron chi connectivity index (χ1n) is 13.6. The quantitative estimate of drug-likeness (QED) is 0.253. The number of amides is 1. The van der Waals surface area contributed by atoms with Gasteiger partial charge in [-0.25, -0.2) is 4.79 Å². The van der Waals surface area contributed by atoms with Gasteiger partial charge in [0.05, 0.1) is 6.61 Å². The van der Waals surface area contributed by atoms with E-state index >= 15 is 0 Å². The molecule has 1 aromatic carbocycles. The average Bonchev–Trinajstić information content (AvgIpc) is 3.68. The van der Waals surface area contributed by atoms with Crippen molar-refractivity contribution in [2.45, 2.75) is 66.2 Å². The van der Waals surface area contributed by atoms with Crippen molar-refractivity contribution in [2.24, 2.45) is 16.8 Å². The van der Waals surface area contributed by atoms with Gasteiger partial charge in [-0.3, -0.25) is 4.99 Å². The molecule has 2 atom stereocenters. The maximum atomic E-state index is 12.4. The Bertz CT molecular complexity index is 1110. The molecule has 0 N–H and O–H groups in total. The summed E-state index contributed by atoms with van der Waals surface area (Å²) in [6, 6.07) is 8.17. The van der Waals surface area contributed by atoms with Gasteiger partial charge in [-0.1, -0.05) is 61.9 Å². The van der Waals surface area contributed by atoms with Crippen molar-refractivity contribution in [3.63, 3.8) is 0 Å². The molecule has 0 spiro atoms. The van der Waals surface area contributed by atoms with Crippen LogP contribution >= 0.6 is 11.6 Å². The Hall–Kier alpha value is -2.59. The number of benzene rings is 1. The van der Waals surface area contributed by atoms with Crippen molar-refractivity contribution in [3.05, 3.63) is 81.4 Å². The topological polar surface area (TPSA) is 41.9 Å². The second-order valence-electron chi connectivity index (χ2n) is 10.5. The van der Waals surface area contributed by atoms with Crippen LogP contribution in [0.2, 0.25) is 5.02 Å². The van der Waals surface area contributed by atoms with Crippen LogP contribution in [0.5, 0.6) is 0 Å². The standard InChI is InChI=1S/C32H43ClN2O2/c1-8-37-32(36)35-17-9-10-27(18-22(4)20-35)30(21(2)3)31(24(6)34-7)29(26-11-12-26)19-23(5)25-13-15-28(33)16-14-25/h13-16,18-19,22-23,26H,2,8-12,17,20H2,1,3-7H3/b27-18-,29-19-,31-30-,34-24?/t22-,23?/m1/s1. The molecule has 1 amide bonds. The summed E-state index contributed by atoms with van der Waals surface area (Å²) in [5.41, 5.74) is 8.51. The van der Waals surface area contributed by atoms with Crippen molar-refractivity contribution in [3.8, 4) is 0 Å². The number of halogens is 1. The van der Waals surface area contributed by atoms with E-state index in [4.69, 9.17) is 16.3 Å². The number of hydrogen-bond donors (Lipinski definition) is 0. The average molecular weight is 523 g/mol. The molecule has 1 fully saturated rings. The molecule has 2 aliphatic rings. The van der Waals surface area contributed by atoms with Crippen molar-refractivity contribution < 1.29 is 9.53 Å². The number of nitrogens with zero attached hydrogens (tertiary/aromatic N) is 2. The fourth-order valence-corrected chi connectivity index (χ4v) is 5.34. The molecule has 1 unspecified atom stereocenters. The first-order chi connectivity index (χ1) is 17.7. The maximum absolute atomic E-state index is 12.4. The fraction of sp³-hybridized carbons (Fsp3) is 0.500. The zero-order valence-electron chi connectivity index (χ0n) is 23.4. The lowest BCUT2D eigenvalue weighted by Crippen LogP contribution is -2.36. The van der Waals surface area contributed by atoms with E-state index in [-0.39, 0.29) is 17.9 Å². The molecule has 0 saturated heterocycles. The molecule has 5 heteroatoms. The molecule has 0 aromatic heterocycles. The normalized spacial score (nSPS) is 22.3. The highest BCUT2D eigenvalue weighted by molar-refractivity contribution is 6.30. The highest BCUT2D eigenvalue weighted by atomic mass is 35.5. The molecule has 200 valence electrons. The van der Waals surface area contributed by atoms with Crippen LogP contribution in [0.25, 0.3) is 0 Å². The third-order valence-corrected chi connectivity index (χ3v) is 7.47. The van der Waals surface area contributed by atoms with Crippen LogP contribution in [-0.2, 0) is 4.74 Å². The number of hydrogen-bond acceptors (Lipinski definition) is 3. The molecule has 1 aromatic rings. The maximum Gasteiger partial charge on any atom is 0.409 e. The van der Waals surface area contributed by atoms with E-state index < -0.39 is 0 Å². The number of ether oxygens (including phenoxy) is 1. The van der Waals surface area contributed by atoms with Crippen LogP contribution in [-0.4, -0.2) is 43.4 Å². The van der Waals surface area contributed by atoms with Crippen LogP contribution in [0.3, 0.4) is 0 Å². The van der Waals surface area contributed by atoms with E-state index in [1.165, 1.54) is 40.7 Å². The molecule has 0 radical (unpaired) electrons. The summed E-state index contributed by atoms with van der Waals surface area (Å²) >= 11 is 6.15. The summed E-state index contributed by atoms with van der Waals surface area (Å²) in [6.45, 7) is 16.7. The Morgan fingerprint density at radius 2 is 1.95 bits per heavy atom. The van der Waals surface area contributed by atoms with Gasteiger partial charge in [-0.15, -0.1) is 0 Å². The Balaban J connectivity index is 2.09. The molecule has 1 aliphatic carbocycles. The zero-order chi connectivity index (χ0) is 27.1. The lowest BCUT2D eigenvalue weighted by molar-refractivity contribution is 0.103. The van der Waals surface area contributed by atoms with Crippen molar-refractivity contribution in [1.29, 1.82) is 0 Å². The van der Waals surface area contributed by atoms with E-state index in [0.717, 1.165) is 29.1 Å². The summed E-state index contributed by atoms with van der Waals surface area (Å²) in [4.78, 5) is 18.9. The Labute approximate surface area is 228 Å². The van der Waals surface area contributed by atoms with Crippen LogP contribution in [0.15, 0.2) is 75.9 Å². The van der Waals surface area contributed by atoms with Gasteiger partial charge in [-0.05, 0) is 98.6 Å². The van der Waals surface area contributed by atoms with Gasteiger partial charge >= 0.3 is 6.09 Å². The number of rotatable bonds is 8. The Morgan fingerprint density at radius 1 is 1.27 bits per heavy atom. The van der Waals surface area contributed by atoms with Gasteiger partial charge in [0, 0.05) is 36.4 Å². The first kappa shape index (κ1) is 29.0. The molecule has 0 bridgehead atoms. The zero-order valence-corrected chi connectivity index (χ0v) is 24.2. The molecule has 4 nitrogen and oxygen atoms in total. The van der Waals surface area contributed by atoms with Crippen LogP contribution in [0.1, 0.15) is 71.8 Å². The predicted octanol–water partition coefficient (Wildman–Crippen LogP) is 8.56. The van der Waals surface area contributed by atoms with Crippen molar-refractivity contribution >= 4 is 23.4 Å². The Morgan fingerprint density at radius 3 is 2.51 bits per heavy atom. The first-order valence-corrected chi connectivity index (χ1v) is 14.0. The Kier molecular flexibility index (Phi) is 10.4. The van der Waals surface area contributed by atoms with Gasteiger partial charge in [0.2, 0.25) is 0 Å². The number of aliphatic imine (C=N–C) groups is 1. The minimum Gasteiger partial charge on any atom is -0.450 e. The second-order valence-corrected chi connectivity index (χ2v) is 10.9. The summed E-state index contributed by atoms with van der Waals surface area (Å²) in [5.74, 6) is 1.000. The van der Waals surface area contributed by atoms with Crippen LogP contribution < -0.4 is 0 Å². The molecule has 3 rings (SSSR count). The minimum atomic E-state index is -0.216. The van der Waals surface area contributed by atoms with E-state index in [1.807, 2.05) is 31.0 Å². The number of carbonyl (C=O) groups excluding carboxylic acids is 1.